The van der Waals surface area contributed by atoms with Gasteiger partial charge in [-0.25, -0.2) is 4.39 Å². The molecular formula is C11H8BrFN2O3S. The molecule has 0 saturated heterocycles. The van der Waals surface area contributed by atoms with Crippen molar-refractivity contribution in [2.24, 2.45) is 0 Å². The second-order valence-corrected chi connectivity index (χ2v) is 5.46. The fourth-order valence-electron chi connectivity index (χ4n) is 1.34. The summed E-state index contributed by atoms with van der Waals surface area (Å²) in [5.41, 5.74) is 0.491. The molecule has 0 aliphatic carbocycles. The molecule has 0 saturated carbocycles. The summed E-state index contributed by atoms with van der Waals surface area (Å²) in [5.74, 6) is -0.471. The molecule has 8 heteroatoms. The van der Waals surface area contributed by atoms with Crippen molar-refractivity contribution in [2.75, 3.05) is 5.75 Å². The first-order valence-corrected chi connectivity index (χ1v) is 7.08. The minimum Gasteiger partial charge on any atom is -0.481 e. The maximum Gasteiger partial charge on any atom is 0.313 e. The Morgan fingerprint density at radius 2 is 2.26 bits per heavy atom. The van der Waals surface area contributed by atoms with Gasteiger partial charge in [0.2, 0.25) is 11.7 Å². The van der Waals surface area contributed by atoms with E-state index < -0.39 is 11.8 Å². The molecule has 2 aromatic rings. The van der Waals surface area contributed by atoms with E-state index >= 15 is 0 Å². The van der Waals surface area contributed by atoms with E-state index in [0.717, 1.165) is 11.8 Å². The van der Waals surface area contributed by atoms with Crippen LogP contribution in [0, 0.1) is 5.82 Å². The molecule has 0 aliphatic rings. The second kappa shape index (κ2) is 6.16. The summed E-state index contributed by atoms with van der Waals surface area (Å²) in [4.78, 5) is 14.4. The van der Waals surface area contributed by atoms with E-state index in [0.29, 0.717) is 21.7 Å². The summed E-state index contributed by atoms with van der Waals surface area (Å²) in [6.07, 6.45) is 0. The van der Waals surface area contributed by atoms with Crippen LogP contribution in [-0.4, -0.2) is 27.0 Å². The third kappa shape index (κ3) is 4.03. The van der Waals surface area contributed by atoms with E-state index in [2.05, 4.69) is 26.1 Å². The van der Waals surface area contributed by atoms with Gasteiger partial charge in [-0.1, -0.05) is 21.1 Å². The normalized spacial score (nSPS) is 10.6. The van der Waals surface area contributed by atoms with Crippen LogP contribution in [0.15, 0.2) is 27.2 Å². The number of rotatable bonds is 5. The van der Waals surface area contributed by atoms with Crippen LogP contribution in [0.1, 0.15) is 5.89 Å². The molecule has 0 unspecified atom stereocenters. The number of carbonyl (C=O) groups is 1. The number of benzene rings is 1. The largest absolute Gasteiger partial charge is 0.481 e. The molecule has 0 bridgehead atoms. The molecule has 0 radical (unpaired) electrons. The van der Waals surface area contributed by atoms with Crippen LogP contribution in [0.4, 0.5) is 4.39 Å². The van der Waals surface area contributed by atoms with E-state index in [1.54, 1.807) is 6.07 Å². The molecule has 0 atom stereocenters. The molecular weight excluding hydrogens is 339 g/mol. The van der Waals surface area contributed by atoms with Crippen LogP contribution in [0.5, 0.6) is 0 Å². The number of aromatic nitrogens is 2. The van der Waals surface area contributed by atoms with Gasteiger partial charge in [0.1, 0.15) is 5.82 Å². The average molecular weight is 347 g/mol. The van der Waals surface area contributed by atoms with Gasteiger partial charge in [0.25, 0.3) is 0 Å². The highest BCUT2D eigenvalue weighted by atomic mass is 79.9. The molecule has 1 heterocycles. The van der Waals surface area contributed by atoms with Crippen molar-refractivity contribution in [3.63, 3.8) is 0 Å². The quantitative estimate of drug-likeness (QED) is 0.896. The van der Waals surface area contributed by atoms with Crippen molar-refractivity contribution in [3.05, 3.63) is 34.4 Å². The maximum absolute atomic E-state index is 13.2. The Bertz CT molecular complexity index is 585. The number of carboxylic acid groups (broad SMARTS) is 1. The molecule has 5 nitrogen and oxygen atoms in total. The lowest BCUT2D eigenvalue weighted by atomic mass is 10.2. The number of aliphatic carboxylic acids is 1. The first kappa shape index (κ1) is 14.0. The Labute approximate surface area is 120 Å². The third-order valence-electron chi connectivity index (χ3n) is 2.04. The average Bonchev–Trinajstić information content (AvgIpc) is 2.76. The summed E-state index contributed by atoms with van der Waals surface area (Å²) >= 11 is 4.33. The maximum atomic E-state index is 13.2. The monoisotopic (exact) mass is 346 g/mol. The van der Waals surface area contributed by atoms with Crippen molar-refractivity contribution < 1.29 is 18.8 Å². The van der Waals surface area contributed by atoms with Gasteiger partial charge in [-0.3, -0.25) is 4.79 Å². The SMILES string of the molecule is O=C(O)CSCc1nc(-c2cc(F)cc(Br)c2)no1. The van der Waals surface area contributed by atoms with Gasteiger partial charge in [0.15, 0.2) is 0 Å². The fourth-order valence-corrected chi connectivity index (χ4v) is 2.37. The first-order chi connectivity index (χ1) is 9.04. The van der Waals surface area contributed by atoms with Gasteiger partial charge >= 0.3 is 5.97 Å². The van der Waals surface area contributed by atoms with Gasteiger partial charge < -0.3 is 9.63 Å². The van der Waals surface area contributed by atoms with Gasteiger partial charge in [-0.15, -0.1) is 11.8 Å². The summed E-state index contributed by atoms with van der Waals surface area (Å²) in [5, 5.41) is 12.2. The minimum absolute atomic E-state index is 0.0385. The smallest absolute Gasteiger partial charge is 0.313 e. The molecule has 1 N–H and O–H groups in total. The van der Waals surface area contributed by atoms with Crippen molar-refractivity contribution in [3.8, 4) is 11.4 Å². The molecule has 19 heavy (non-hydrogen) atoms. The third-order valence-corrected chi connectivity index (χ3v) is 3.40. The molecule has 0 aliphatic heterocycles. The van der Waals surface area contributed by atoms with Crippen LogP contribution in [0.2, 0.25) is 0 Å². The zero-order valence-corrected chi connectivity index (χ0v) is 11.9. The van der Waals surface area contributed by atoms with Crippen LogP contribution in [-0.2, 0) is 10.5 Å². The number of nitrogens with zero attached hydrogens (tertiary/aromatic N) is 2. The lowest BCUT2D eigenvalue weighted by Crippen LogP contribution is -1.98. The van der Waals surface area contributed by atoms with Gasteiger partial charge in [0.05, 0.1) is 11.5 Å². The molecule has 0 spiro atoms. The Kier molecular flexibility index (Phi) is 4.54. The standard InChI is InChI=1S/C11H8BrFN2O3S/c12-7-1-6(2-8(13)3-7)11-14-9(18-15-11)4-19-5-10(16)17/h1-3H,4-5H2,(H,16,17). The molecule has 0 amide bonds. The van der Waals surface area contributed by atoms with Crippen LogP contribution in [0.3, 0.4) is 0 Å². The fraction of sp³-hybridized carbons (Fsp3) is 0.182. The lowest BCUT2D eigenvalue weighted by Gasteiger charge is -1.96. The Hall–Kier alpha value is -1.41. The molecule has 0 fully saturated rings. The number of hydrogen-bond acceptors (Lipinski definition) is 5. The van der Waals surface area contributed by atoms with Gasteiger partial charge in [0, 0.05) is 10.0 Å². The zero-order chi connectivity index (χ0) is 13.8. The highest BCUT2D eigenvalue weighted by molar-refractivity contribution is 9.10. The zero-order valence-electron chi connectivity index (χ0n) is 9.47. The highest BCUT2D eigenvalue weighted by Crippen LogP contribution is 2.23. The number of thioether (sulfide) groups is 1. The Morgan fingerprint density at radius 1 is 1.47 bits per heavy atom. The topological polar surface area (TPSA) is 76.2 Å². The van der Waals surface area contributed by atoms with Gasteiger partial charge in [-0.2, -0.15) is 4.98 Å². The summed E-state index contributed by atoms with van der Waals surface area (Å²) < 4.78 is 18.8. The number of carboxylic acids is 1. The number of hydrogen-bond donors (Lipinski definition) is 1. The summed E-state index contributed by atoms with van der Waals surface area (Å²) in [6, 6.07) is 4.29. The second-order valence-electron chi connectivity index (χ2n) is 3.56. The van der Waals surface area contributed by atoms with Crippen molar-refractivity contribution >= 4 is 33.7 Å². The van der Waals surface area contributed by atoms with Gasteiger partial charge in [-0.05, 0) is 18.2 Å². The van der Waals surface area contributed by atoms with E-state index in [-0.39, 0.29) is 11.6 Å². The predicted molar refractivity (Wildman–Crippen MR) is 71.2 cm³/mol. The molecule has 1 aromatic heterocycles. The predicted octanol–water partition coefficient (Wildman–Crippen LogP) is 2.96. The van der Waals surface area contributed by atoms with E-state index in [9.17, 15) is 9.18 Å². The highest BCUT2D eigenvalue weighted by Gasteiger charge is 2.11. The lowest BCUT2D eigenvalue weighted by molar-refractivity contribution is -0.133. The van der Waals surface area contributed by atoms with Crippen LogP contribution >= 0.6 is 27.7 Å². The number of halogens is 2. The first-order valence-electron chi connectivity index (χ1n) is 5.13. The summed E-state index contributed by atoms with van der Waals surface area (Å²) in [7, 11) is 0. The summed E-state index contributed by atoms with van der Waals surface area (Å²) in [6.45, 7) is 0. The Balaban J connectivity index is 2.09. The molecule has 1 aromatic carbocycles. The molecule has 100 valence electrons. The molecule has 2 rings (SSSR count). The van der Waals surface area contributed by atoms with Crippen molar-refractivity contribution in [1.82, 2.24) is 10.1 Å². The van der Waals surface area contributed by atoms with Crippen LogP contribution in [0.25, 0.3) is 11.4 Å². The van der Waals surface area contributed by atoms with E-state index in [1.165, 1.54) is 12.1 Å². The van der Waals surface area contributed by atoms with E-state index in [4.69, 9.17) is 9.63 Å². The Morgan fingerprint density at radius 3 is 2.95 bits per heavy atom. The van der Waals surface area contributed by atoms with Crippen LogP contribution < -0.4 is 0 Å². The van der Waals surface area contributed by atoms with Crippen molar-refractivity contribution in [2.45, 2.75) is 5.75 Å². The van der Waals surface area contributed by atoms with Crippen molar-refractivity contribution in [1.29, 1.82) is 0 Å². The minimum atomic E-state index is -0.904. The van der Waals surface area contributed by atoms with E-state index in [1.807, 2.05) is 0 Å².